The second-order valence-electron chi connectivity index (χ2n) is 7.47. The zero-order chi connectivity index (χ0) is 23.1. The molecule has 1 N–H and O–H groups in total. The van der Waals surface area contributed by atoms with Crippen LogP contribution in [0.15, 0.2) is 30.4 Å². The lowest BCUT2D eigenvalue weighted by Crippen LogP contribution is -2.33. The average Bonchev–Trinajstić information content (AvgIpc) is 3.03. The molecule has 1 aliphatic heterocycles. The third-order valence-corrected chi connectivity index (χ3v) is 5.33. The van der Waals surface area contributed by atoms with Gasteiger partial charge < -0.3 is 19.5 Å². The zero-order valence-electron chi connectivity index (χ0n) is 18.3. The van der Waals surface area contributed by atoms with Crippen LogP contribution in [0.25, 0.3) is 0 Å². The molecule has 0 radical (unpaired) electrons. The molecule has 2 atom stereocenters. The molecule has 9 nitrogen and oxygen atoms in total. The summed E-state index contributed by atoms with van der Waals surface area (Å²) in [6.45, 7) is 4.10. The molecule has 32 heavy (non-hydrogen) atoms. The minimum absolute atomic E-state index is 0.0400. The predicted octanol–water partition coefficient (Wildman–Crippen LogP) is 2.31. The molecule has 1 aromatic rings. The standard InChI is InChI=1S/C23H28N2O7/c1-3-30-18-10-9-15(13-19(18)31-4-2)24-20(26)14-32-21(27)11-12-25-22(28)16-7-5-6-8-17(16)23(25)29/h5-6,9-10,13,16-17H,3-4,7-8,11-12,14H2,1-2H3,(H,24,26). The van der Waals surface area contributed by atoms with Gasteiger partial charge in [-0.2, -0.15) is 0 Å². The number of rotatable bonds is 10. The molecule has 172 valence electrons. The lowest BCUT2D eigenvalue weighted by atomic mass is 9.85. The van der Waals surface area contributed by atoms with Gasteiger partial charge in [-0.25, -0.2) is 0 Å². The van der Waals surface area contributed by atoms with E-state index in [1.165, 1.54) is 0 Å². The van der Waals surface area contributed by atoms with Crippen molar-refractivity contribution in [3.8, 4) is 11.5 Å². The smallest absolute Gasteiger partial charge is 0.308 e. The van der Waals surface area contributed by atoms with Gasteiger partial charge in [-0.1, -0.05) is 12.2 Å². The number of nitrogens with one attached hydrogen (secondary N) is 1. The number of hydrogen-bond donors (Lipinski definition) is 1. The minimum Gasteiger partial charge on any atom is -0.490 e. The number of amides is 3. The number of carbonyl (C=O) groups excluding carboxylic acids is 4. The van der Waals surface area contributed by atoms with Gasteiger partial charge in [-0.15, -0.1) is 0 Å². The van der Waals surface area contributed by atoms with Crippen LogP contribution in [0.1, 0.15) is 33.1 Å². The van der Waals surface area contributed by atoms with Crippen molar-refractivity contribution < 1.29 is 33.4 Å². The van der Waals surface area contributed by atoms with E-state index in [0.29, 0.717) is 43.2 Å². The Kier molecular flexibility index (Phi) is 7.86. The van der Waals surface area contributed by atoms with Gasteiger partial charge in [0.25, 0.3) is 5.91 Å². The van der Waals surface area contributed by atoms with E-state index in [2.05, 4.69) is 5.32 Å². The van der Waals surface area contributed by atoms with Crippen LogP contribution in [0, 0.1) is 11.8 Å². The van der Waals surface area contributed by atoms with Gasteiger partial charge in [0.15, 0.2) is 18.1 Å². The molecule has 1 aromatic carbocycles. The molecule has 3 rings (SSSR count). The molecular weight excluding hydrogens is 416 g/mol. The van der Waals surface area contributed by atoms with E-state index in [4.69, 9.17) is 14.2 Å². The van der Waals surface area contributed by atoms with Crippen molar-refractivity contribution in [1.82, 2.24) is 4.90 Å². The van der Waals surface area contributed by atoms with E-state index in [-0.39, 0.29) is 36.6 Å². The molecule has 1 fully saturated rings. The summed E-state index contributed by atoms with van der Waals surface area (Å²) in [5.74, 6) is -1.24. The molecule has 3 amide bonds. The Hall–Kier alpha value is -3.36. The van der Waals surface area contributed by atoms with Crippen molar-refractivity contribution in [1.29, 1.82) is 0 Å². The number of ether oxygens (including phenoxy) is 3. The normalized spacial score (nSPS) is 19.5. The van der Waals surface area contributed by atoms with Gasteiger partial charge in [0.2, 0.25) is 11.8 Å². The summed E-state index contributed by atoms with van der Waals surface area (Å²) < 4.78 is 16.0. The van der Waals surface area contributed by atoms with E-state index >= 15 is 0 Å². The first kappa shape index (κ1) is 23.3. The maximum absolute atomic E-state index is 12.4. The Bertz CT molecular complexity index is 886. The molecule has 2 unspecified atom stereocenters. The van der Waals surface area contributed by atoms with Gasteiger partial charge in [-0.3, -0.25) is 24.1 Å². The van der Waals surface area contributed by atoms with Crippen LogP contribution in [0.4, 0.5) is 5.69 Å². The van der Waals surface area contributed by atoms with Crippen LogP contribution in [-0.4, -0.2) is 55.0 Å². The highest BCUT2D eigenvalue weighted by Crippen LogP contribution is 2.35. The van der Waals surface area contributed by atoms with E-state index in [9.17, 15) is 19.2 Å². The number of benzene rings is 1. The zero-order valence-corrected chi connectivity index (χ0v) is 18.3. The van der Waals surface area contributed by atoms with Crippen LogP contribution < -0.4 is 14.8 Å². The van der Waals surface area contributed by atoms with Crippen molar-refractivity contribution in [3.05, 3.63) is 30.4 Å². The Morgan fingerprint density at radius 1 is 1.00 bits per heavy atom. The summed E-state index contributed by atoms with van der Waals surface area (Å²) in [6, 6.07) is 4.98. The maximum Gasteiger partial charge on any atom is 0.308 e. The summed E-state index contributed by atoms with van der Waals surface area (Å²) in [7, 11) is 0. The van der Waals surface area contributed by atoms with Crippen molar-refractivity contribution in [2.45, 2.75) is 33.1 Å². The third-order valence-electron chi connectivity index (χ3n) is 5.33. The summed E-state index contributed by atoms with van der Waals surface area (Å²) in [5.41, 5.74) is 0.474. The first-order valence-electron chi connectivity index (χ1n) is 10.8. The van der Waals surface area contributed by atoms with E-state index in [0.717, 1.165) is 4.90 Å². The van der Waals surface area contributed by atoms with Gasteiger partial charge in [-0.05, 0) is 38.8 Å². The van der Waals surface area contributed by atoms with Crippen LogP contribution in [-0.2, 0) is 23.9 Å². The molecule has 1 aliphatic carbocycles. The molecule has 0 saturated carbocycles. The quantitative estimate of drug-likeness (QED) is 0.335. The molecule has 9 heteroatoms. The van der Waals surface area contributed by atoms with Crippen LogP contribution in [0.3, 0.4) is 0 Å². The largest absolute Gasteiger partial charge is 0.490 e. The highest BCUT2D eigenvalue weighted by molar-refractivity contribution is 6.05. The Morgan fingerprint density at radius 3 is 2.25 bits per heavy atom. The fourth-order valence-corrected chi connectivity index (χ4v) is 3.84. The molecular formula is C23H28N2O7. The van der Waals surface area contributed by atoms with Crippen LogP contribution in [0.2, 0.25) is 0 Å². The van der Waals surface area contributed by atoms with Crippen molar-refractivity contribution >= 4 is 29.4 Å². The molecule has 2 aliphatic rings. The Morgan fingerprint density at radius 2 is 1.62 bits per heavy atom. The maximum atomic E-state index is 12.4. The average molecular weight is 444 g/mol. The van der Waals surface area contributed by atoms with E-state index < -0.39 is 18.5 Å². The molecule has 1 heterocycles. The second-order valence-corrected chi connectivity index (χ2v) is 7.47. The van der Waals surface area contributed by atoms with Crippen LogP contribution in [0.5, 0.6) is 11.5 Å². The lowest BCUT2D eigenvalue weighted by Gasteiger charge is -2.14. The summed E-state index contributed by atoms with van der Waals surface area (Å²) in [5, 5.41) is 2.63. The predicted molar refractivity (Wildman–Crippen MR) is 115 cm³/mol. The Labute approximate surface area is 186 Å². The number of imide groups is 1. The monoisotopic (exact) mass is 444 g/mol. The number of esters is 1. The van der Waals surface area contributed by atoms with Crippen molar-refractivity contribution in [2.75, 3.05) is 31.7 Å². The summed E-state index contributed by atoms with van der Waals surface area (Å²) in [6.07, 6.45) is 4.75. The topological polar surface area (TPSA) is 111 Å². The number of nitrogens with zero attached hydrogens (tertiary/aromatic N) is 1. The minimum atomic E-state index is -0.657. The third kappa shape index (κ3) is 5.46. The number of hydrogen-bond acceptors (Lipinski definition) is 7. The number of fused-ring (bicyclic) bond motifs is 1. The van der Waals surface area contributed by atoms with Crippen LogP contribution >= 0.6 is 0 Å². The summed E-state index contributed by atoms with van der Waals surface area (Å²) >= 11 is 0. The second kappa shape index (κ2) is 10.8. The van der Waals surface area contributed by atoms with Gasteiger partial charge in [0.05, 0.1) is 31.5 Å². The highest BCUT2D eigenvalue weighted by Gasteiger charge is 2.46. The molecule has 0 spiro atoms. The van der Waals surface area contributed by atoms with Gasteiger partial charge in [0, 0.05) is 18.3 Å². The Balaban J connectivity index is 1.45. The van der Waals surface area contributed by atoms with E-state index in [1.54, 1.807) is 18.2 Å². The number of carbonyl (C=O) groups is 4. The fourth-order valence-electron chi connectivity index (χ4n) is 3.84. The first-order valence-corrected chi connectivity index (χ1v) is 10.8. The fraction of sp³-hybridized carbons (Fsp3) is 0.478. The van der Waals surface area contributed by atoms with Gasteiger partial charge >= 0.3 is 5.97 Å². The van der Waals surface area contributed by atoms with Gasteiger partial charge in [0.1, 0.15) is 0 Å². The highest BCUT2D eigenvalue weighted by atomic mass is 16.5. The number of anilines is 1. The number of allylic oxidation sites excluding steroid dienone is 2. The summed E-state index contributed by atoms with van der Waals surface area (Å²) in [4.78, 5) is 50.1. The number of likely N-dealkylation sites (tertiary alicyclic amines) is 1. The first-order chi connectivity index (χ1) is 15.4. The molecule has 1 saturated heterocycles. The SMILES string of the molecule is CCOc1ccc(NC(=O)COC(=O)CCN2C(=O)C3CC=CCC3C2=O)cc1OCC. The van der Waals surface area contributed by atoms with E-state index in [1.807, 2.05) is 26.0 Å². The lowest BCUT2D eigenvalue weighted by molar-refractivity contribution is -0.148. The molecule has 0 aromatic heterocycles. The van der Waals surface area contributed by atoms with Crippen molar-refractivity contribution in [3.63, 3.8) is 0 Å². The molecule has 0 bridgehead atoms. The van der Waals surface area contributed by atoms with Crippen molar-refractivity contribution in [2.24, 2.45) is 11.8 Å².